The van der Waals surface area contributed by atoms with Crippen LogP contribution in [-0.2, 0) is 14.8 Å². The van der Waals surface area contributed by atoms with Crippen LogP contribution in [0.5, 0.6) is 0 Å². The average molecular weight is 367 g/mol. The number of hydrogen-bond donors (Lipinski definition) is 2. The summed E-state index contributed by atoms with van der Waals surface area (Å²) in [5.41, 5.74) is -0.0329. The fraction of sp³-hybridized carbons (Fsp3) is 0.643. The summed E-state index contributed by atoms with van der Waals surface area (Å²) in [7, 11) is -2.64. The molecule has 9 heteroatoms. The maximum atomic E-state index is 12.7. The summed E-state index contributed by atoms with van der Waals surface area (Å²) in [4.78, 5) is 11.8. The molecular formula is C14H23ClN2O5S. The van der Waals surface area contributed by atoms with Crippen LogP contribution in [-0.4, -0.2) is 40.1 Å². The number of halogens is 1. The summed E-state index contributed by atoms with van der Waals surface area (Å²) in [5, 5.41) is 3.26. The van der Waals surface area contributed by atoms with Gasteiger partial charge in [0.15, 0.2) is 0 Å². The Hall–Kier alpha value is -1.09. The first-order valence-corrected chi connectivity index (χ1v) is 8.68. The molecule has 1 aromatic rings. The Morgan fingerprint density at radius 1 is 1.35 bits per heavy atom. The zero-order valence-electron chi connectivity index (χ0n) is 13.6. The molecule has 0 aliphatic carbocycles. The Labute approximate surface area is 142 Å². The molecule has 1 fully saturated rings. The zero-order valence-corrected chi connectivity index (χ0v) is 15.3. The van der Waals surface area contributed by atoms with Gasteiger partial charge in [0, 0.05) is 12.1 Å². The Kier molecular flexibility index (Phi) is 6.64. The number of hydrogen-bond acceptors (Lipinski definition) is 6. The predicted molar refractivity (Wildman–Crippen MR) is 87.6 cm³/mol. The van der Waals surface area contributed by atoms with Gasteiger partial charge < -0.3 is 14.5 Å². The SMILES string of the molecule is COC(=O)c1c(C)oc(C)c1S(=O)(=O)NC1CCNC(C)C1.Cl. The van der Waals surface area contributed by atoms with Gasteiger partial charge in [0.1, 0.15) is 22.0 Å². The minimum atomic E-state index is -3.85. The summed E-state index contributed by atoms with van der Waals surface area (Å²) < 4.78 is 38.1. The summed E-state index contributed by atoms with van der Waals surface area (Å²) in [6, 6.07) is 0.0788. The highest BCUT2D eigenvalue weighted by Gasteiger charge is 2.33. The fourth-order valence-electron chi connectivity index (χ4n) is 2.84. The Morgan fingerprint density at radius 2 is 2.00 bits per heavy atom. The van der Waals surface area contributed by atoms with Gasteiger partial charge in [-0.3, -0.25) is 0 Å². The van der Waals surface area contributed by atoms with E-state index in [0.717, 1.165) is 6.54 Å². The molecule has 2 rings (SSSR count). The van der Waals surface area contributed by atoms with Crippen molar-refractivity contribution in [2.24, 2.45) is 0 Å². The van der Waals surface area contributed by atoms with E-state index < -0.39 is 16.0 Å². The van der Waals surface area contributed by atoms with Gasteiger partial charge in [0.2, 0.25) is 10.0 Å². The molecule has 7 nitrogen and oxygen atoms in total. The van der Waals surface area contributed by atoms with E-state index in [1.54, 1.807) is 6.92 Å². The van der Waals surface area contributed by atoms with Crippen LogP contribution in [0, 0.1) is 13.8 Å². The number of ether oxygens (including phenoxy) is 1. The molecule has 1 aromatic heterocycles. The number of nitrogens with one attached hydrogen (secondary N) is 2. The molecule has 23 heavy (non-hydrogen) atoms. The third kappa shape index (κ3) is 4.26. The number of methoxy groups -OCH3 is 1. The first-order valence-electron chi connectivity index (χ1n) is 7.20. The van der Waals surface area contributed by atoms with E-state index in [4.69, 9.17) is 4.42 Å². The summed E-state index contributed by atoms with van der Waals surface area (Å²) in [6.45, 7) is 5.83. The van der Waals surface area contributed by atoms with Crippen LogP contribution < -0.4 is 10.0 Å². The maximum Gasteiger partial charge on any atom is 0.342 e. The quantitative estimate of drug-likeness (QED) is 0.784. The van der Waals surface area contributed by atoms with Crippen LogP contribution >= 0.6 is 12.4 Å². The van der Waals surface area contributed by atoms with E-state index >= 15 is 0 Å². The molecule has 0 amide bonds. The number of piperidine rings is 1. The van der Waals surface area contributed by atoms with Crippen molar-refractivity contribution in [3.8, 4) is 0 Å². The highest BCUT2D eigenvalue weighted by atomic mass is 35.5. The first kappa shape index (κ1) is 20.0. The molecule has 2 atom stereocenters. The lowest BCUT2D eigenvalue weighted by molar-refractivity contribution is 0.0594. The molecule has 0 aromatic carbocycles. The number of carbonyl (C=O) groups is 1. The van der Waals surface area contributed by atoms with E-state index in [2.05, 4.69) is 14.8 Å². The molecule has 1 aliphatic heterocycles. The van der Waals surface area contributed by atoms with Crippen molar-refractivity contribution < 1.29 is 22.4 Å². The van der Waals surface area contributed by atoms with Crippen LogP contribution in [0.1, 0.15) is 41.6 Å². The highest BCUT2D eigenvalue weighted by Crippen LogP contribution is 2.28. The van der Waals surface area contributed by atoms with E-state index in [1.807, 2.05) is 6.92 Å². The molecule has 132 valence electrons. The lowest BCUT2D eigenvalue weighted by Crippen LogP contribution is -2.46. The van der Waals surface area contributed by atoms with E-state index in [0.29, 0.717) is 12.8 Å². The van der Waals surface area contributed by atoms with Crippen molar-refractivity contribution in [2.45, 2.75) is 50.6 Å². The number of carbonyl (C=O) groups excluding carboxylic acids is 1. The minimum Gasteiger partial charge on any atom is -0.465 e. The highest BCUT2D eigenvalue weighted by molar-refractivity contribution is 7.89. The second-order valence-corrected chi connectivity index (χ2v) is 7.26. The van der Waals surface area contributed by atoms with Gasteiger partial charge in [-0.05, 0) is 40.2 Å². The minimum absolute atomic E-state index is 0. The third-order valence-corrected chi connectivity index (χ3v) is 5.48. The number of aryl methyl sites for hydroxylation is 2. The van der Waals surface area contributed by atoms with Crippen LogP contribution in [0.25, 0.3) is 0 Å². The topological polar surface area (TPSA) is 97.6 Å². The molecule has 1 aliphatic rings. The van der Waals surface area contributed by atoms with E-state index in [-0.39, 0.29) is 46.5 Å². The number of rotatable bonds is 4. The van der Waals surface area contributed by atoms with Crippen molar-refractivity contribution >= 4 is 28.4 Å². The second kappa shape index (κ2) is 7.65. The van der Waals surface area contributed by atoms with Gasteiger partial charge >= 0.3 is 5.97 Å². The van der Waals surface area contributed by atoms with Crippen LogP contribution in [0.2, 0.25) is 0 Å². The standard InChI is InChI=1S/C14H22N2O5S.ClH/c1-8-7-11(5-6-15-8)16-22(18,19)13-10(3)21-9(2)12(13)14(17)20-4;/h8,11,15-16H,5-7H2,1-4H3;1H. The van der Waals surface area contributed by atoms with Crippen molar-refractivity contribution in [1.29, 1.82) is 0 Å². The third-order valence-electron chi connectivity index (χ3n) is 3.81. The predicted octanol–water partition coefficient (Wildman–Crippen LogP) is 1.52. The molecule has 0 bridgehead atoms. The molecule has 2 unspecified atom stereocenters. The summed E-state index contributed by atoms with van der Waals surface area (Å²) >= 11 is 0. The van der Waals surface area contributed by atoms with Gasteiger partial charge in [0.05, 0.1) is 7.11 Å². The Balaban J connectivity index is 0.00000264. The molecule has 0 spiro atoms. The maximum absolute atomic E-state index is 12.7. The van der Waals surface area contributed by atoms with Crippen LogP contribution in [0.15, 0.2) is 9.31 Å². The first-order chi connectivity index (χ1) is 10.3. The smallest absolute Gasteiger partial charge is 0.342 e. The summed E-state index contributed by atoms with van der Waals surface area (Å²) in [6.07, 6.45) is 1.40. The largest absolute Gasteiger partial charge is 0.465 e. The monoisotopic (exact) mass is 366 g/mol. The molecule has 0 saturated carbocycles. The summed E-state index contributed by atoms with van der Waals surface area (Å²) in [5.74, 6) is -0.288. The van der Waals surface area contributed by atoms with Crippen LogP contribution in [0.3, 0.4) is 0 Å². The van der Waals surface area contributed by atoms with Crippen molar-refractivity contribution in [3.63, 3.8) is 0 Å². The van der Waals surface area contributed by atoms with Gasteiger partial charge in [-0.15, -0.1) is 12.4 Å². The molecule has 2 N–H and O–H groups in total. The van der Waals surface area contributed by atoms with Crippen molar-refractivity contribution in [1.82, 2.24) is 10.0 Å². The second-order valence-electron chi connectivity index (χ2n) is 5.61. The van der Waals surface area contributed by atoms with Gasteiger partial charge in [-0.25, -0.2) is 17.9 Å². The van der Waals surface area contributed by atoms with E-state index in [9.17, 15) is 13.2 Å². The average Bonchev–Trinajstić information content (AvgIpc) is 2.73. The molecule has 0 radical (unpaired) electrons. The van der Waals surface area contributed by atoms with Gasteiger partial charge in [0.25, 0.3) is 0 Å². The zero-order chi connectivity index (χ0) is 16.5. The number of sulfonamides is 1. The lowest BCUT2D eigenvalue weighted by atomic mass is 10.0. The molecule has 1 saturated heterocycles. The van der Waals surface area contributed by atoms with Gasteiger partial charge in [-0.2, -0.15) is 0 Å². The number of esters is 1. The normalized spacial score (nSPS) is 21.6. The van der Waals surface area contributed by atoms with Gasteiger partial charge in [-0.1, -0.05) is 0 Å². The molecular weight excluding hydrogens is 344 g/mol. The Morgan fingerprint density at radius 3 is 2.57 bits per heavy atom. The van der Waals surface area contributed by atoms with Crippen molar-refractivity contribution in [3.05, 3.63) is 17.1 Å². The van der Waals surface area contributed by atoms with Crippen molar-refractivity contribution in [2.75, 3.05) is 13.7 Å². The lowest BCUT2D eigenvalue weighted by Gasteiger charge is -2.28. The van der Waals surface area contributed by atoms with Crippen LogP contribution in [0.4, 0.5) is 0 Å². The van der Waals surface area contributed by atoms with E-state index in [1.165, 1.54) is 14.0 Å². The Bertz CT molecular complexity index is 671. The molecule has 2 heterocycles. The fourth-order valence-corrected chi connectivity index (χ4v) is 4.53. The number of furan rings is 1.